The maximum atomic E-state index is 11.1. The highest BCUT2D eigenvalue weighted by atomic mass is 32.2. The maximum Gasteiger partial charge on any atom is 0.373 e. The molecule has 0 atom stereocenters. The van der Waals surface area contributed by atoms with Crippen LogP contribution in [0.15, 0.2) is 58.7 Å². The van der Waals surface area contributed by atoms with E-state index in [9.17, 15) is 4.79 Å². The van der Waals surface area contributed by atoms with Crippen molar-refractivity contribution < 1.29 is 9.90 Å². The van der Waals surface area contributed by atoms with Crippen LogP contribution in [0.1, 0.15) is 10.6 Å². The summed E-state index contributed by atoms with van der Waals surface area (Å²) in [6.07, 6.45) is 1.68. The minimum Gasteiger partial charge on any atom is -0.475 e. The smallest absolute Gasteiger partial charge is 0.373 e. The van der Waals surface area contributed by atoms with Crippen LogP contribution in [0.2, 0.25) is 0 Å². The van der Waals surface area contributed by atoms with Crippen molar-refractivity contribution in [1.82, 2.24) is 15.0 Å². The summed E-state index contributed by atoms with van der Waals surface area (Å²) in [7, 11) is 0. The molecule has 1 aromatic carbocycles. The lowest BCUT2D eigenvalue weighted by Gasteiger charge is -2.05. The Bertz CT molecular complexity index is 778. The zero-order chi connectivity index (χ0) is 13.9. The van der Waals surface area contributed by atoms with E-state index in [1.165, 1.54) is 11.8 Å². The molecular weight excluding hydrogens is 274 g/mol. The molecule has 6 heteroatoms. The predicted octanol–water partition coefficient (Wildman–Crippen LogP) is 2.87. The van der Waals surface area contributed by atoms with E-state index in [0.717, 1.165) is 10.4 Å². The van der Waals surface area contributed by atoms with Crippen molar-refractivity contribution in [2.75, 3.05) is 0 Å². The van der Waals surface area contributed by atoms with Gasteiger partial charge in [0.1, 0.15) is 10.1 Å². The van der Waals surface area contributed by atoms with Crippen molar-refractivity contribution in [2.45, 2.75) is 10.1 Å². The molecule has 0 aliphatic rings. The van der Waals surface area contributed by atoms with Gasteiger partial charge in [-0.3, -0.25) is 0 Å². The van der Waals surface area contributed by atoms with Crippen LogP contribution in [0.25, 0.3) is 10.9 Å². The molecule has 0 radical (unpaired) electrons. The summed E-state index contributed by atoms with van der Waals surface area (Å²) >= 11 is 1.32. The van der Waals surface area contributed by atoms with Crippen LogP contribution in [-0.2, 0) is 0 Å². The van der Waals surface area contributed by atoms with E-state index < -0.39 is 5.97 Å². The van der Waals surface area contributed by atoms with Crippen LogP contribution >= 0.6 is 11.8 Å². The summed E-state index contributed by atoms with van der Waals surface area (Å²) in [5.74, 6) is -1.35. The van der Waals surface area contributed by atoms with E-state index in [0.29, 0.717) is 10.5 Å². The van der Waals surface area contributed by atoms with Crippen LogP contribution < -0.4 is 0 Å². The molecule has 3 rings (SSSR count). The molecular formula is C14H9N3O2S. The Kier molecular flexibility index (Phi) is 3.30. The van der Waals surface area contributed by atoms with E-state index in [1.807, 2.05) is 36.4 Å². The molecule has 3 aromatic rings. The van der Waals surface area contributed by atoms with E-state index in [1.54, 1.807) is 12.3 Å². The number of pyridine rings is 1. The molecule has 0 bridgehead atoms. The quantitative estimate of drug-likeness (QED) is 0.745. The summed E-state index contributed by atoms with van der Waals surface area (Å²) in [6, 6.07) is 12.9. The highest BCUT2D eigenvalue weighted by molar-refractivity contribution is 7.99. The van der Waals surface area contributed by atoms with Crippen molar-refractivity contribution >= 4 is 28.6 Å². The molecule has 0 amide bonds. The van der Waals surface area contributed by atoms with Crippen LogP contribution in [0.5, 0.6) is 0 Å². The SMILES string of the molecule is O=C(O)c1nc(Sc2ccccn2)c2ccccc2n1. The van der Waals surface area contributed by atoms with Crippen LogP contribution in [-0.4, -0.2) is 26.0 Å². The molecule has 0 aliphatic heterocycles. The molecule has 1 N–H and O–H groups in total. The molecule has 0 fully saturated rings. The number of carboxylic acid groups (broad SMARTS) is 1. The Morgan fingerprint density at radius 1 is 1.05 bits per heavy atom. The second-order valence-electron chi connectivity index (χ2n) is 3.94. The Hall–Kier alpha value is -2.47. The number of benzene rings is 1. The van der Waals surface area contributed by atoms with Gasteiger partial charge in [-0.15, -0.1) is 0 Å². The highest BCUT2D eigenvalue weighted by Crippen LogP contribution is 2.30. The molecule has 2 aromatic heterocycles. The third kappa shape index (κ3) is 2.46. The third-order valence-electron chi connectivity index (χ3n) is 2.60. The van der Waals surface area contributed by atoms with Gasteiger partial charge in [0.25, 0.3) is 0 Å². The summed E-state index contributed by atoms with van der Waals surface area (Å²) in [4.78, 5) is 23.5. The number of nitrogens with zero attached hydrogens (tertiary/aromatic N) is 3. The molecule has 0 aliphatic carbocycles. The Morgan fingerprint density at radius 3 is 2.60 bits per heavy atom. The molecule has 0 saturated carbocycles. The Balaban J connectivity index is 2.15. The van der Waals surface area contributed by atoms with Crippen LogP contribution in [0, 0.1) is 0 Å². The third-order valence-corrected chi connectivity index (χ3v) is 3.55. The zero-order valence-corrected chi connectivity index (χ0v) is 11.0. The standard InChI is InChI=1S/C14H9N3O2S/c18-14(19)12-16-10-6-2-1-5-9(10)13(17-12)20-11-7-3-4-8-15-11/h1-8H,(H,18,19). The average molecular weight is 283 g/mol. The second kappa shape index (κ2) is 5.26. The van der Waals surface area contributed by atoms with Crippen LogP contribution in [0.4, 0.5) is 0 Å². The van der Waals surface area contributed by atoms with Crippen molar-refractivity contribution in [2.24, 2.45) is 0 Å². The lowest BCUT2D eigenvalue weighted by molar-refractivity contribution is 0.0683. The summed E-state index contributed by atoms with van der Waals surface area (Å²) in [6.45, 7) is 0. The van der Waals surface area contributed by atoms with Gasteiger partial charge in [0.15, 0.2) is 0 Å². The van der Waals surface area contributed by atoms with Crippen molar-refractivity contribution in [1.29, 1.82) is 0 Å². The summed E-state index contributed by atoms with van der Waals surface area (Å²) in [5, 5.41) is 11.2. The lowest BCUT2D eigenvalue weighted by atomic mass is 10.2. The summed E-state index contributed by atoms with van der Waals surface area (Å²) < 4.78 is 0. The fraction of sp³-hybridized carbons (Fsp3) is 0. The van der Waals surface area contributed by atoms with Crippen molar-refractivity contribution in [3.63, 3.8) is 0 Å². The first-order valence-corrected chi connectivity index (χ1v) is 6.64. The van der Waals surface area contributed by atoms with Crippen molar-refractivity contribution in [3.8, 4) is 0 Å². The number of hydrogen-bond donors (Lipinski definition) is 1. The number of fused-ring (bicyclic) bond motifs is 1. The first kappa shape index (κ1) is 12.6. The fourth-order valence-electron chi connectivity index (χ4n) is 1.73. The van der Waals surface area contributed by atoms with Gasteiger partial charge < -0.3 is 5.11 Å². The van der Waals surface area contributed by atoms with Crippen LogP contribution in [0.3, 0.4) is 0 Å². The van der Waals surface area contributed by atoms with E-state index in [-0.39, 0.29) is 5.82 Å². The predicted molar refractivity (Wildman–Crippen MR) is 74.9 cm³/mol. The largest absolute Gasteiger partial charge is 0.475 e. The number of carbonyl (C=O) groups is 1. The number of hydrogen-bond acceptors (Lipinski definition) is 5. The Labute approximate surface area is 118 Å². The fourth-order valence-corrected chi connectivity index (χ4v) is 2.60. The topological polar surface area (TPSA) is 76.0 Å². The molecule has 0 saturated heterocycles. The van der Waals surface area contributed by atoms with Gasteiger partial charge in [0, 0.05) is 11.6 Å². The van der Waals surface area contributed by atoms with Gasteiger partial charge in [0.2, 0.25) is 5.82 Å². The van der Waals surface area contributed by atoms with Gasteiger partial charge in [-0.25, -0.2) is 19.7 Å². The normalized spacial score (nSPS) is 10.6. The lowest BCUT2D eigenvalue weighted by Crippen LogP contribution is -2.05. The summed E-state index contributed by atoms with van der Waals surface area (Å²) in [5.41, 5.74) is 0.610. The number of rotatable bonds is 3. The van der Waals surface area contributed by atoms with Gasteiger partial charge in [0.05, 0.1) is 5.52 Å². The maximum absolute atomic E-state index is 11.1. The second-order valence-corrected chi connectivity index (χ2v) is 4.95. The number of para-hydroxylation sites is 1. The minimum absolute atomic E-state index is 0.206. The minimum atomic E-state index is -1.14. The van der Waals surface area contributed by atoms with Crippen molar-refractivity contribution in [3.05, 3.63) is 54.5 Å². The first-order valence-electron chi connectivity index (χ1n) is 5.83. The molecule has 20 heavy (non-hydrogen) atoms. The van der Waals surface area contributed by atoms with Gasteiger partial charge in [-0.1, -0.05) is 24.3 Å². The Morgan fingerprint density at radius 2 is 1.85 bits per heavy atom. The highest BCUT2D eigenvalue weighted by Gasteiger charge is 2.13. The number of aromatic nitrogens is 3. The molecule has 98 valence electrons. The van der Waals surface area contributed by atoms with Gasteiger partial charge in [-0.2, -0.15) is 0 Å². The molecule has 5 nitrogen and oxygen atoms in total. The first-order chi connectivity index (χ1) is 9.74. The van der Waals surface area contributed by atoms with E-state index >= 15 is 0 Å². The molecule has 2 heterocycles. The van der Waals surface area contributed by atoms with Gasteiger partial charge >= 0.3 is 5.97 Å². The zero-order valence-electron chi connectivity index (χ0n) is 10.2. The molecule has 0 spiro atoms. The van der Waals surface area contributed by atoms with E-state index in [4.69, 9.17) is 5.11 Å². The van der Waals surface area contributed by atoms with Gasteiger partial charge in [-0.05, 0) is 30.0 Å². The monoisotopic (exact) mass is 283 g/mol. The van der Waals surface area contributed by atoms with E-state index in [2.05, 4.69) is 15.0 Å². The molecule has 0 unspecified atom stereocenters. The average Bonchev–Trinajstić information content (AvgIpc) is 2.48. The number of carboxylic acids is 1. The number of aromatic carboxylic acids is 1.